The molecule has 0 saturated carbocycles. The number of aryl methyl sites for hydroxylation is 1. The number of methoxy groups -OCH3 is 1. The third-order valence-corrected chi connectivity index (χ3v) is 4.05. The molecule has 5 nitrogen and oxygen atoms in total. The largest absolute Gasteiger partial charge is 0.465 e. The maximum atomic E-state index is 11.9. The van der Waals surface area contributed by atoms with Gasteiger partial charge in [-0.05, 0) is 19.1 Å². The molecule has 0 bridgehead atoms. The summed E-state index contributed by atoms with van der Waals surface area (Å²) in [4.78, 5) is 18.2. The van der Waals surface area contributed by atoms with E-state index in [1.54, 1.807) is 23.5 Å². The van der Waals surface area contributed by atoms with Gasteiger partial charge in [0, 0.05) is 18.1 Å². The standard InChI is InChI=1S/C14H16ClN3O2S/c1-8-17-10(7-21-8)6-18(2)13-11(14(19)20-3)4-9(16)5-12(13)15/h4-5,7H,6,16H2,1-3H3. The van der Waals surface area contributed by atoms with Crippen molar-refractivity contribution in [2.45, 2.75) is 13.5 Å². The Labute approximate surface area is 132 Å². The van der Waals surface area contributed by atoms with Gasteiger partial charge >= 0.3 is 5.97 Å². The van der Waals surface area contributed by atoms with Crippen LogP contribution in [0.2, 0.25) is 5.02 Å². The number of carbonyl (C=O) groups excluding carboxylic acids is 1. The highest BCUT2D eigenvalue weighted by Gasteiger charge is 2.20. The Balaban J connectivity index is 2.39. The molecular formula is C14H16ClN3O2S. The highest BCUT2D eigenvalue weighted by atomic mass is 35.5. The van der Waals surface area contributed by atoms with Crippen molar-refractivity contribution in [3.8, 4) is 0 Å². The van der Waals surface area contributed by atoms with Crippen LogP contribution in [0.25, 0.3) is 0 Å². The molecule has 0 saturated heterocycles. The molecule has 2 aromatic rings. The minimum atomic E-state index is -0.472. The van der Waals surface area contributed by atoms with Crippen molar-refractivity contribution in [2.75, 3.05) is 24.8 Å². The number of nitrogens with zero attached hydrogens (tertiary/aromatic N) is 2. The van der Waals surface area contributed by atoms with Crippen LogP contribution in [0, 0.1) is 6.92 Å². The zero-order valence-electron chi connectivity index (χ0n) is 12.0. The normalized spacial score (nSPS) is 10.5. The van der Waals surface area contributed by atoms with Crippen molar-refractivity contribution in [3.05, 3.63) is 38.8 Å². The smallest absolute Gasteiger partial charge is 0.340 e. The summed E-state index contributed by atoms with van der Waals surface area (Å²) in [5.74, 6) is -0.472. The maximum absolute atomic E-state index is 11.9. The van der Waals surface area contributed by atoms with E-state index in [0.717, 1.165) is 10.7 Å². The Morgan fingerprint density at radius 1 is 1.52 bits per heavy atom. The minimum Gasteiger partial charge on any atom is -0.465 e. The summed E-state index contributed by atoms with van der Waals surface area (Å²) < 4.78 is 4.80. The minimum absolute atomic E-state index is 0.344. The van der Waals surface area contributed by atoms with Gasteiger partial charge in [-0.25, -0.2) is 9.78 Å². The van der Waals surface area contributed by atoms with Crippen LogP contribution in [0.1, 0.15) is 21.1 Å². The van der Waals surface area contributed by atoms with E-state index < -0.39 is 5.97 Å². The van der Waals surface area contributed by atoms with E-state index in [1.807, 2.05) is 24.3 Å². The number of anilines is 2. The molecule has 0 aliphatic carbocycles. The van der Waals surface area contributed by atoms with Crippen LogP contribution in [-0.2, 0) is 11.3 Å². The highest BCUT2D eigenvalue weighted by molar-refractivity contribution is 7.09. The molecule has 2 N–H and O–H groups in total. The van der Waals surface area contributed by atoms with E-state index in [-0.39, 0.29) is 0 Å². The predicted molar refractivity (Wildman–Crippen MR) is 86.2 cm³/mol. The van der Waals surface area contributed by atoms with Crippen LogP contribution in [0.4, 0.5) is 11.4 Å². The topological polar surface area (TPSA) is 68.5 Å². The third-order valence-electron chi connectivity index (χ3n) is 2.94. The molecular weight excluding hydrogens is 310 g/mol. The number of esters is 1. The van der Waals surface area contributed by atoms with Crippen LogP contribution in [0.5, 0.6) is 0 Å². The zero-order valence-corrected chi connectivity index (χ0v) is 13.6. The van der Waals surface area contributed by atoms with Gasteiger partial charge in [-0.2, -0.15) is 0 Å². The Bertz CT molecular complexity index is 672. The fourth-order valence-corrected chi connectivity index (χ4v) is 3.05. The number of benzene rings is 1. The second-order valence-electron chi connectivity index (χ2n) is 4.60. The van der Waals surface area contributed by atoms with Gasteiger partial charge in [0.25, 0.3) is 0 Å². The van der Waals surface area contributed by atoms with Crippen LogP contribution in [0.3, 0.4) is 0 Å². The first-order chi connectivity index (χ1) is 9.92. The van der Waals surface area contributed by atoms with Crippen molar-refractivity contribution in [2.24, 2.45) is 0 Å². The Morgan fingerprint density at radius 3 is 2.81 bits per heavy atom. The molecule has 21 heavy (non-hydrogen) atoms. The molecule has 0 radical (unpaired) electrons. The summed E-state index contributed by atoms with van der Waals surface area (Å²) >= 11 is 7.84. The Hall–Kier alpha value is -1.79. The van der Waals surface area contributed by atoms with E-state index in [2.05, 4.69) is 4.98 Å². The van der Waals surface area contributed by atoms with Crippen LogP contribution < -0.4 is 10.6 Å². The lowest BCUT2D eigenvalue weighted by Crippen LogP contribution is -2.21. The predicted octanol–water partition coefficient (Wildman–Crippen LogP) is 3.11. The fraction of sp³-hybridized carbons (Fsp3) is 0.286. The monoisotopic (exact) mass is 325 g/mol. The number of thiazole rings is 1. The number of aromatic nitrogens is 1. The summed E-state index contributed by atoms with van der Waals surface area (Å²) in [6.07, 6.45) is 0. The van der Waals surface area contributed by atoms with Gasteiger partial charge < -0.3 is 15.4 Å². The molecule has 0 aliphatic heterocycles. The van der Waals surface area contributed by atoms with Crippen LogP contribution >= 0.6 is 22.9 Å². The average molecular weight is 326 g/mol. The lowest BCUT2D eigenvalue weighted by Gasteiger charge is -2.22. The Kier molecular flexibility index (Phi) is 4.69. The number of ether oxygens (including phenoxy) is 1. The molecule has 1 heterocycles. The third kappa shape index (κ3) is 3.46. The van der Waals surface area contributed by atoms with Crippen molar-refractivity contribution in [1.29, 1.82) is 0 Å². The quantitative estimate of drug-likeness (QED) is 0.691. The van der Waals surface area contributed by atoms with Gasteiger partial charge in [0.1, 0.15) is 0 Å². The fourth-order valence-electron chi connectivity index (χ4n) is 2.08. The lowest BCUT2D eigenvalue weighted by molar-refractivity contribution is 0.0601. The van der Waals surface area contributed by atoms with Gasteiger partial charge in [0.05, 0.1) is 40.6 Å². The average Bonchev–Trinajstić information content (AvgIpc) is 2.81. The summed E-state index contributed by atoms with van der Waals surface area (Å²) in [5.41, 5.74) is 8.02. The summed E-state index contributed by atoms with van der Waals surface area (Å²) in [6, 6.07) is 3.18. The van der Waals surface area contributed by atoms with E-state index >= 15 is 0 Å². The number of nitrogen functional groups attached to an aromatic ring is 1. The summed E-state index contributed by atoms with van der Waals surface area (Å²) in [7, 11) is 3.17. The van der Waals surface area contributed by atoms with Gasteiger partial charge in [-0.3, -0.25) is 0 Å². The highest BCUT2D eigenvalue weighted by Crippen LogP contribution is 2.33. The molecule has 0 aliphatic rings. The maximum Gasteiger partial charge on any atom is 0.340 e. The SMILES string of the molecule is COC(=O)c1cc(N)cc(Cl)c1N(C)Cc1csc(C)n1. The molecule has 0 unspecified atom stereocenters. The number of nitrogens with two attached hydrogens (primary N) is 1. The van der Waals surface area contributed by atoms with Gasteiger partial charge in [-0.15, -0.1) is 11.3 Å². The molecule has 0 amide bonds. The van der Waals surface area contributed by atoms with E-state index in [1.165, 1.54) is 7.11 Å². The number of hydrogen-bond acceptors (Lipinski definition) is 6. The lowest BCUT2D eigenvalue weighted by atomic mass is 10.1. The van der Waals surface area contributed by atoms with Gasteiger partial charge in [-0.1, -0.05) is 11.6 Å². The Morgan fingerprint density at radius 2 is 2.24 bits per heavy atom. The van der Waals surface area contributed by atoms with E-state index in [4.69, 9.17) is 22.1 Å². The van der Waals surface area contributed by atoms with E-state index in [0.29, 0.717) is 28.5 Å². The molecule has 1 aromatic carbocycles. The molecule has 0 atom stereocenters. The zero-order chi connectivity index (χ0) is 15.6. The second-order valence-corrected chi connectivity index (χ2v) is 6.07. The van der Waals surface area contributed by atoms with Crippen molar-refractivity contribution in [3.63, 3.8) is 0 Å². The molecule has 112 valence electrons. The first-order valence-corrected chi connectivity index (χ1v) is 7.47. The summed E-state index contributed by atoms with van der Waals surface area (Å²) in [5, 5.41) is 3.38. The van der Waals surface area contributed by atoms with Gasteiger partial charge in [0.2, 0.25) is 0 Å². The van der Waals surface area contributed by atoms with E-state index in [9.17, 15) is 4.79 Å². The number of rotatable bonds is 4. The molecule has 2 rings (SSSR count). The molecule has 0 fully saturated rings. The van der Waals surface area contributed by atoms with Gasteiger partial charge in [0.15, 0.2) is 0 Å². The van der Waals surface area contributed by atoms with Crippen LogP contribution in [0.15, 0.2) is 17.5 Å². The van der Waals surface area contributed by atoms with Crippen molar-refractivity contribution in [1.82, 2.24) is 4.98 Å². The molecule has 1 aromatic heterocycles. The molecule has 7 heteroatoms. The first-order valence-electron chi connectivity index (χ1n) is 6.22. The number of halogens is 1. The summed E-state index contributed by atoms with van der Waals surface area (Å²) in [6.45, 7) is 2.49. The number of hydrogen-bond donors (Lipinski definition) is 1. The number of carbonyl (C=O) groups is 1. The second kappa shape index (κ2) is 6.32. The first kappa shape index (κ1) is 15.6. The van der Waals surface area contributed by atoms with Crippen LogP contribution in [-0.4, -0.2) is 25.1 Å². The van der Waals surface area contributed by atoms with Crippen molar-refractivity contribution >= 4 is 40.3 Å². The molecule has 0 spiro atoms. The van der Waals surface area contributed by atoms with Crippen molar-refractivity contribution < 1.29 is 9.53 Å².